The zero-order chi connectivity index (χ0) is 12.4. The van der Waals surface area contributed by atoms with Gasteiger partial charge in [-0.25, -0.2) is 4.39 Å². The van der Waals surface area contributed by atoms with Crippen molar-refractivity contribution in [3.63, 3.8) is 0 Å². The summed E-state index contributed by atoms with van der Waals surface area (Å²) >= 11 is 10.5. The molecule has 0 aliphatic carbocycles. The highest BCUT2D eigenvalue weighted by atomic mass is 79.9. The normalized spacial score (nSPS) is 12.7. The number of rotatable bonds is 3. The molecule has 0 aliphatic rings. The van der Waals surface area contributed by atoms with Crippen molar-refractivity contribution in [3.8, 4) is 0 Å². The Morgan fingerprint density at radius 1 is 1.35 bits per heavy atom. The first-order valence-electron chi connectivity index (χ1n) is 5.01. The Morgan fingerprint density at radius 2 is 2.12 bits per heavy atom. The maximum Gasteiger partial charge on any atom is 0.142 e. The van der Waals surface area contributed by atoms with Crippen LogP contribution in [0.15, 0.2) is 34.8 Å². The molecule has 90 valence electrons. The van der Waals surface area contributed by atoms with Crippen LogP contribution in [0.25, 0.3) is 0 Å². The van der Waals surface area contributed by atoms with Crippen molar-refractivity contribution in [2.45, 2.75) is 12.5 Å². The van der Waals surface area contributed by atoms with E-state index in [1.807, 2.05) is 12.1 Å². The zero-order valence-electron chi connectivity index (χ0n) is 8.79. The van der Waals surface area contributed by atoms with Crippen LogP contribution in [0.2, 0.25) is 4.34 Å². The summed E-state index contributed by atoms with van der Waals surface area (Å²) in [6.07, 6.45) is 0.588. The molecule has 0 fully saturated rings. The van der Waals surface area contributed by atoms with Crippen LogP contribution >= 0.6 is 38.9 Å². The van der Waals surface area contributed by atoms with Crippen LogP contribution in [0.1, 0.15) is 16.5 Å². The lowest BCUT2D eigenvalue weighted by atomic mass is 10.0. The quantitative estimate of drug-likeness (QED) is 0.876. The van der Waals surface area contributed by atoms with E-state index in [-0.39, 0.29) is 11.9 Å². The fourth-order valence-corrected chi connectivity index (χ4v) is 3.12. The zero-order valence-corrected chi connectivity index (χ0v) is 11.9. The van der Waals surface area contributed by atoms with E-state index < -0.39 is 0 Å². The SMILES string of the molecule is NC(Cc1ccc(Cl)s1)c1cccc(Br)c1F. The molecule has 2 N–H and O–H groups in total. The second-order valence-electron chi connectivity index (χ2n) is 3.66. The minimum absolute atomic E-state index is 0.289. The Kier molecular flexibility index (Phi) is 4.20. The number of hydrogen-bond acceptors (Lipinski definition) is 2. The van der Waals surface area contributed by atoms with Crippen LogP contribution in [-0.2, 0) is 6.42 Å². The molecular formula is C12H10BrClFNS. The Morgan fingerprint density at radius 3 is 2.76 bits per heavy atom. The summed E-state index contributed by atoms with van der Waals surface area (Å²) in [6, 6.07) is 8.54. The first-order chi connectivity index (χ1) is 8.08. The van der Waals surface area contributed by atoms with Crippen LogP contribution in [0, 0.1) is 5.82 Å². The van der Waals surface area contributed by atoms with Gasteiger partial charge in [-0.2, -0.15) is 0 Å². The largest absolute Gasteiger partial charge is 0.324 e. The lowest BCUT2D eigenvalue weighted by Gasteiger charge is -2.12. The van der Waals surface area contributed by atoms with Crippen LogP contribution in [0.5, 0.6) is 0 Å². The van der Waals surface area contributed by atoms with Gasteiger partial charge in [0.25, 0.3) is 0 Å². The summed E-state index contributed by atoms with van der Waals surface area (Å²) in [5.74, 6) is -0.289. The Balaban J connectivity index is 2.20. The fraction of sp³-hybridized carbons (Fsp3) is 0.167. The molecule has 1 heterocycles. The van der Waals surface area contributed by atoms with Crippen molar-refractivity contribution in [1.29, 1.82) is 0 Å². The summed E-state index contributed by atoms with van der Waals surface area (Å²) in [6.45, 7) is 0. The van der Waals surface area contributed by atoms with Gasteiger partial charge in [0.15, 0.2) is 0 Å². The topological polar surface area (TPSA) is 26.0 Å². The molecule has 2 aromatic rings. The van der Waals surface area contributed by atoms with Gasteiger partial charge < -0.3 is 5.73 Å². The van der Waals surface area contributed by atoms with Gasteiger partial charge in [0.1, 0.15) is 5.82 Å². The van der Waals surface area contributed by atoms with E-state index in [4.69, 9.17) is 17.3 Å². The predicted octanol–water partition coefficient (Wildman–Crippen LogP) is 4.55. The molecule has 0 amide bonds. The summed E-state index contributed by atoms with van der Waals surface area (Å²) in [7, 11) is 0. The molecule has 0 saturated heterocycles. The molecule has 0 aliphatic heterocycles. The van der Waals surface area contributed by atoms with Crippen molar-refractivity contribution < 1.29 is 4.39 Å². The Labute approximate surface area is 117 Å². The fourth-order valence-electron chi connectivity index (χ4n) is 1.59. The number of hydrogen-bond donors (Lipinski definition) is 1. The summed E-state index contributed by atoms with van der Waals surface area (Å²) in [5, 5.41) is 0. The Hall–Kier alpha value is -0.420. The van der Waals surface area contributed by atoms with Crippen LogP contribution in [0.4, 0.5) is 4.39 Å². The average Bonchev–Trinajstić information content (AvgIpc) is 2.68. The molecular weight excluding hydrogens is 325 g/mol. The molecule has 17 heavy (non-hydrogen) atoms. The molecule has 1 nitrogen and oxygen atoms in total. The Bertz CT molecular complexity index is 529. The van der Waals surface area contributed by atoms with Crippen LogP contribution < -0.4 is 5.73 Å². The molecule has 1 atom stereocenters. The van der Waals surface area contributed by atoms with E-state index in [0.29, 0.717) is 16.5 Å². The molecule has 1 aromatic carbocycles. The molecule has 5 heteroatoms. The van der Waals surface area contributed by atoms with Crippen molar-refractivity contribution >= 4 is 38.9 Å². The highest BCUT2D eigenvalue weighted by Crippen LogP contribution is 2.28. The van der Waals surface area contributed by atoms with Gasteiger partial charge >= 0.3 is 0 Å². The van der Waals surface area contributed by atoms with Gasteiger partial charge in [0.05, 0.1) is 8.81 Å². The molecule has 1 aromatic heterocycles. The lowest BCUT2D eigenvalue weighted by Crippen LogP contribution is -2.14. The van der Waals surface area contributed by atoms with Crippen LogP contribution in [0.3, 0.4) is 0 Å². The van der Waals surface area contributed by atoms with Gasteiger partial charge in [0, 0.05) is 22.9 Å². The van der Waals surface area contributed by atoms with Gasteiger partial charge in [-0.05, 0) is 34.1 Å². The predicted molar refractivity (Wildman–Crippen MR) is 74.1 cm³/mol. The van der Waals surface area contributed by atoms with E-state index in [0.717, 1.165) is 9.21 Å². The van der Waals surface area contributed by atoms with E-state index in [2.05, 4.69) is 15.9 Å². The van der Waals surface area contributed by atoms with Crippen molar-refractivity contribution in [3.05, 3.63) is 55.4 Å². The third-order valence-corrected chi connectivity index (χ3v) is 4.30. The monoisotopic (exact) mass is 333 g/mol. The average molecular weight is 335 g/mol. The minimum Gasteiger partial charge on any atom is -0.324 e. The van der Waals surface area contributed by atoms with Gasteiger partial charge in [-0.3, -0.25) is 0 Å². The van der Waals surface area contributed by atoms with Crippen molar-refractivity contribution in [2.75, 3.05) is 0 Å². The van der Waals surface area contributed by atoms with E-state index in [1.54, 1.807) is 18.2 Å². The molecule has 0 spiro atoms. The second-order valence-corrected chi connectivity index (χ2v) is 6.31. The first-order valence-corrected chi connectivity index (χ1v) is 7.00. The van der Waals surface area contributed by atoms with Gasteiger partial charge in [0.2, 0.25) is 0 Å². The third kappa shape index (κ3) is 3.07. The maximum absolute atomic E-state index is 13.8. The van der Waals surface area contributed by atoms with E-state index >= 15 is 0 Å². The number of halogens is 3. The lowest BCUT2D eigenvalue weighted by molar-refractivity contribution is 0.576. The van der Waals surface area contributed by atoms with E-state index in [1.165, 1.54) is 11.3 Å². The molecule has 1 unspecified atom stereocenters. The van der Waals surface area contributed by atoms with Gasteiger partial charge in [-0.15, -0.1) is 11.3 Å². The first kappa shape index (κ1) is 13.0. The third-order valence-electron chi connectivity index (χ3n) is 2.43. The van der Waals surface area contributed by atoms with Crippen molar-refractivity contribution in [1.82, 2.24) is 0 Å². The molecule has 0 saturated carbocycles. The van der Waals surface area contributed by atoms with E-state index in [9.17, 15) is 4.39 Å². The summed E-state index contributed by atoms with van der Waals surface area (Å²) < 4.78 is 15.0. The summed E-state index contributed by atoms with van der Waals surface area (Å²) in [5.41, 5.74) is 6.53. The van der Waals surface area contributed by atoms with Crippen molar-refractivity contribution in [2.24, 2.45) is 5.73 Å². The van der Waals surface area contributed by atoms with Crippen LogP contribution in [-0.4, -0.2) is 0 Å². The second kappa shape index (κ2) is 5.48. The minimum atomic E-state index is -0.359. The number of nitrogens with two attached hydrogens (primary N) is 1. The van der Waals surface area contributed by atoms with Gasteiger partial charge in [-0.1, -0.05) is 23.7 Å². The smallest absolute Gasteiger partial charge is 0.142 e. The number of thiophene rings is 1. The molecule has 2 rings (SSSR count). The highest BCUT2D eigenvalue weighted by molar-refractivity contribution is 9.10. The molecule has 0 bridgehead atoms. The standard InChI is InChI=1S/C12H10BrClFNS/c13-9-3-1-2-8(12(9)15)10(16)6-7-4-5-11(14)17-7/h1-5,10H,6,16H2. The highest BCUT2D eigenvalue weighted by Gasteiger charge is 2.14. The number of benzene rings is 1. The summed E-state index contributed by atoms with van der Waals surface area (Å²) in [4.78, 5) is 1.06. The molecule has 0 radical (unpaired) electrons. The maximum atomic E-state index is 13.8.